The predicted molar refractivity (Wildman–Crippen MR) is 87.4 cm³/mol. The monoisotopic (exact) mass is 332 g/mol. The molecule has 0 unspecified atom stereocenters. The fourth-order valence-corrected chi connectivity index (χ4v) is 2.58. The van der Waals surface area contributed by atoms with Crippen molar-refractivity contribution in [3.05, 3.63) is 59.6 Å². The van der Waals surface area contributed by atoms with Crippen molar-refractivity contribution in [1.29, 1.82) is 0 Å². The van der Waals surface area contributed by atoms with E-state index in [0.29, 0.717) is 22.7 Å². The van der Waals surface area contributed by atoms with Crippen LogP contribution in [-0.4, -0.2) is 22.6 Å². The third-order valence-electron chi connectivity index (χ3n) is 2.80. The average Bonchev–Trinajstić information content (AvgIpc) is 3.02. The summed E-state index contributed by atoms with van der Waals surface area (Å²) in [5.41, 5.74) is 0.812. The molecule has 0 amide bonds. The number of nitrogens with zero attached hydrogens (tertiary/aromatic N) is 2. The topological polar surface area (TPSA) is 48.2 Å². The Morgan fingerprint density at radius 3 is 2.73 bits per heavy atom. The van der Waals surface area contributed by atoms with Crippen molar-refractivity contribution < 1.29 is 9.15 Å². The molecular weight excluding hydrogens is 320 g/mol. The zero-order valence-electron chi connectivity index (χ0n) is 11.6. The van der Waals surface area contributed by atoms with Gasteiger partial charge in [0.05, 0.1) is 6.61 Å². The van der Waals surface area contributed by atoms with E-state index in [1.54, 1.807) is 12.1 Å². The molecule has 112 valence electrons. The van der Waals surface area contributed by atoms with Crippen LogP contribution in [0.3, 0.4) is 0 Å². The summed E-state index contributed by atoms with van der Waals surface area (Å²) < 4.78 is 11.2. The van der Waals surface area contributed by atoms with E-state index >= 15 is 0 Å². The van der Waals surface area contributed by atoms with Gasteiger partial charge >= 0.3 is 0 Å². The summed E-state index contributed by atoms with van der Waals surface area (Å²) >= 11 is 7.41. The number of thioether (sulfide) groups is 1. The summed E-state index contributed by atoms with van der Waals surface area (Å²) in [6.07, 6.45) is 0. The van der Waals surface area contributed by atoms with E-state index in [-0.39, 0.29) is 0 Å². The predicted octanol–water partition coefficient (Wildman–Crippen LogP) is 4.56. The molecule has 3 rings (SSSR count). The van der Waals surface area contributed by atoms with Gasteiger partial charge in [-0.05, 0) is 30.3 Å². The molecule has 0 aliphatic carbocycles. The zero-order valence-corrected chi connectivity index (χ0v) is 13.2. The first-order valence-corrected chi connectivity index (χ1v) is 8.08. The molecule has 0 atom stereocenters. The van der Waals surface area contributed by atoms with E-state index in [9.17, 15) is 0 Å². The molecule has 4 nitrogen and oxygen atoms in total. The number of rotatable bonds is 6. The van der Waals surface area contributed by atoms with E-state index in [4.69, 9.17) is 20.8 Å². The number of para-hydroxylation sites is 1. The lowest BCUT2D eigenvalue weighted by atomic mass is 10.2. The average molecular weight is 333 g/mol. The Morgan fingerprint density at radius 1 is 1.05 bits per heavy atom. The summed E-state index contributed by atoms with van der Waals surface area (Å²) in [4.78, 5) is 0. The maximum atomic E-state index is 5.95. The molecule has 1 heterocycles. The van der Waals surface area contributed by atoms with Gasteiger partial charge in [-0.15, -0.1) is 10.2 Å². The summed E-state index contributed by atoms with van der Waals surface area (Å²) in [6, 6.07) is 17.0. The van der Waals surface area contributed by atoms with Gasteiger partial charge in [0.2, 0.25) is 5.89 Å². The Morgan fingerprint density at radius 2 is 1.91 bits per heavy atom. The molecule has 0 fully saturated rings. The molecule has 0 aliphatic heterocycles. The fraction of sp³-hybridized carbons (Fsp3) is 0.125. The van der Waals surface area contributed by atoms with Gasteiger partial charge in [0, 0.05) is 16.3 Å². The molecule has 0 radical (unpaired) electrons. The molecule has 0 spiro atoms. The molecule has 1 aromatic heterocycles. The van der Waals surface area contributed by atoms with Crippen molar-refractivity contribution in [2.45, 2.75) is 5.22 Å². The number of benzene rings is 2. The minimum Gasteiger partial charge on any atom is -0.493 e. The van der Waals surface area contributed by atoms with Gasteiger partial charge in [0.1, 0.15) is 5.75 Å². The highest BCUT2D eigenvalue weighted by Crippen LogP contribution is 2.25. The Kier molecular flexibility index (Phi) is 4.98. The van der Waals surface area contributed by atoms with E-state index in [1.165, 1.54) is 11.8 Å². The van der Waals surface area contributed by atoms with Crippen LogP contribution in [0.15, 0.2) is 64.2 Å². The highest BCUT2D eigenvalue weighted by molar-refractivity contribution is 7.99. The second kappa shape index (κ2) is 7.33. The van der Waals surface area contributed by atoms with Crippen LogP contribution < -0.4 is 4.74 Å². The minimum atomic E-state index is 0.467. The van der Waals surface area contributed by atoms with Crippen LogP contribution in [-0.2, 0) is 0 Å². The zero-order chi connectivity index (χ0) is 15.2. The van der Waals surface area contributed by atoms with Gasteiger partial charge in [-0.25, -0.2) is 0 Å². The number of halogens is 1. The van der Waals surface area contributed by atoms with Gasteiger partial charge in [-0.1, -0.05) is 47.6 Å². The van der Waals surface area contributed by atoms with Crippen LogP contribution in [0.2, 0.25) is 5.02 Å². The second-order valence-electron chi connectivity index (χ2n) is 4.39. The summed E-state index contributed by atoms with van der Waals surface area (Å²) in [5.74, 6) is 2.05. The SMILES string of the molecule is Clc1cccc(-c2nnc(SCCOc3ccccc3)o2)c1. The van der Waals surface area contributed by atoms with Gasteiger partial charge in [0.25, 0.3) is 5.22 Å². The third-order valence-corrected chi connectivity index (χ3v) is 3.82. The van der Waals surface area contributed by atoms with Crippen molar-refractivity contribution in [2.75, 3.05) is 12.4 Å². The number of ether oxygens (including phenoxy) is 1. The highest BCUT2D eigenvalue weighted by Gasteiger charge is 2.09. The molecule has 2 aromatic carbocycles. The molecule has 0 N–H and O–H groups in total. The lowest BCUT2D eigenvalue weighted by molar-refractivity contribution is 0.343. The Balaban J connectivity index is 1.52. The smallest absolute Gasteiger partial charge is 0.276 e. The standard InChI is InChI=1S/C16H13ClN2O2S/c17-13-6-4-5-12(11-13)15-18-19-16(21-15)22-10-9-20-14-7-2-1-3-8-14/h1-8,11H,9-10H2. The van der Waals surface area contributed by atoms with Crippen LogP contribution >= 0.6 is 23.4 Å². The molecule has 3 aromatic rings. The Bertz CT molecular complexity index is 734. The Hall–Kier alpha value is -1.98. The van der Waals surface area contributed by atoms with Crippen molar-refractivity contribution in [3.63, 3.8) is 0 Å². The normalized spacial score (nSPS) is 10.6. The fourth-order valence-electron chi connectivity index (χ4n) is 1.81. The van der Waals surface area contributed by atoms with Crippen LogP contribution in [0.1, 0.15) is 0 Å². The van der Waals surface area contributed by atoms with Gasteiger partial charge in [-0.2, -0.15) is 0 Å². The number of hydrogen-bond donors (Lipinski definition) is 0. The van der Waals surface area contributed by atoms with E-state index < -0.39 is 0 Å². The second-order valence-corrected chi connectivity index (χ2v) is 5.88. The molecule has 6 heteroatoms. The maximum Gasteiger partial charge on any atom is 0.276 e. The first kappa shape index (κ1) is 14.9. The lowest BCUT2D eigenvalue weighted by Gasteiger charge is -2.03. The first-order chi connectivity index (χ1) is 10.8. The van der Waals surface area contributed by atoms with Crippen molar-refractivity contribution in [3.8, 4) is 17.2 Å². The molecule has 0 bridgehead atoms. The first-order valence-electron chi connectivity index (χ1n) is 6.71. The third kappa shape index (κ3) is 4.02. The van der Waals surface area contributed by atoms with Gasteiger partial charge in [0.15, 0.2) is 0 Å². The molecular formula is C16H13ClN2O2S. The van der Waals surface area contributed by atoms with Crippen LogP contribution in [0, 0.1) is 0 Å². The number of aromatic nitrogens is 2. The molecule has 0 saturated carbocycles. The van der Waals surface area contributed by atoms with Gasteiger partial charge in [-0.3, -0.25) is 0 Å². The van der Waals surface area contributed by atoms with Crippen LogP contribution in [0.25, 0.3) is 11.5 Å². The lowest BCUT2D eigenvalue weighted by Crippen LogP contribution is -1.99. The van der Waals surface area contributed by atoms with E-state index in [0.717, 1.165) is 17.1 Å². The van der Waals surface area contributed by atoms with Crippen molar-refractivity contribution in [2.24, 2.45) is 0 Å². The molecule has 22 heavy (non-hydrogen) atoms. The summed E-state index contributed by atoms with van der Waals surface area (Å²) in [5, 5.41) is 9.20. The largest absolute Gasteiger partial charge is 0.493 e. The van der Waals surface area contributed by atoms with Gasteiger partial charge < -0.3 is 9.15 Å². The van der Waals surface area contributed by atoms with E-state index in [2.05, 4.69) is 10.2 Å². The van der Waals surface area contributed by atoms with Crippen LogP contribution in [0.5, 0.6) is 5.75 Å². The van der Waals surface area contributed by atoms with Crippen LogP contribution in [0.4, 0.5) is 0 Å². The molecule has 0 saturated heterocycles. The molecule has 0 aliphatic rings. The Labute approximate surface area is 137 Å². The number of hydrogen-bond acceptors (Lipinski definition) is 5. The minimum absolute atomic E-state index is 0.467. The van der Waals surface area contributed by atoms with Crippen molar-refractivity contribution in [1.82, 2.24) is 10.2 Å². The van der Waals surface area contributed by atoms with Crippen molar-refractivity contribution >= 4 is 23.4 Å². The van der Waals surface area contributed by atoms with E-state index in [1.807, 2.05) is 42.5 Å². The maximum absolute atomic E-state index is 5.95. The highest BCUT2D eigenvalue weighted by atomic mass is 35.5. The summed E-state index contributed by atoms with van der Waals surface area (Å²) in [6.45, 7) is 0.573. The quantitative estimate of drug-likeness (QED) is 0.489. The summed E-state index contributed by atoms with van der Waals surface area (Å²) in [7, 11) is 0.